The van der Waals surface area contributed by atoms with Crippen molar-refractivity contribution in [3.05, 3.63) is 10.4 Å². The van der Waals surface area contributed by atoms with E-state index < -0.39 is 60.5 Å². The summed E-state index contributed by atoms with van der Waals surface area (Å²) < 4.78 is 27.0. The lowest BCUT2D eigenvalue weighted by atomic mass is 9.96. The summed E-state index contributed by atoms with van der Waals surface area (Å²) in [6, 6.07) is -1.63. The summed E-state index contributed by atoms with van der Waals surface area (Å²) in [4.78, 5) is 49.0. The second kappa shape index (κ2) is 12.0. The fourth-order valence-electron chi connectivity index (χ4n) is 2.79. The van der Waals surface area contributed by atoms with Gasteiger partial charge in [0.05, 0.1) is 12.6 Å². The van der Waals surface area contributed by atoms with Crippen LogP contribution in [0.4, 0.5) is 0 Å². The summed E-state index contributed by atoms with van der Waals surface area (Å²) in [5.74, 6) is -2.51. The molecule has 0 aromatic carbocycles. The highest BCUT2D eigenvalue weighted by Crippen LogP contribution is 2.28. The van der Waals surface area contributed by atoms with E-state index in [2.05, 4.69) is 15.3 Å². The van der Waals surface area contributed by atoms with Crippen LogP contribution in [0.1, 0.15) is 34.6 Å². The molecule has 1 N–H and O–H groups in total. The summed E-state index contributed by atoms with van der Waals surface area (Å²) in [6.07, 6.45) is -4.66. The van der Waals surface area contributed by atoms with Crippen molar-refractivity contribution >= 4 is 23.8 Å². The van der Waals surface area contributed by atoms with Crippen molar-refractivity contribution in [1.29, 1.82) is 0 Å². The average molecular weight is 430 g/mol. The molecular weight excluding hydrogens is 404 g/mol. The van der Waals surface area contributed by atoms with Gasteiger partial charge in [-0.15, -0.1) is 0 Å². The summed E-state index contributed by atoms with van der Waals surface area (Å²) >= 11 is 0. The highest BCUT2D eigenvalue weighted by molar-refractivity contribution is 5.73. The first-order valence-corrected chi connectivity index (χ1v) is 9.11. The van der Waals surface area contributed by atoms with Crippen LogP contribution in [-0.2, 0) is 42.9 Å². The molecule has 1 saturated heterocycles. The fraction of sp³-hybridized carbons (Fsp3) is 0.765. The number of azide groups is 1. The zero-order valence-electron chi connectivity index (χ0n) is 17.4. The van der Waals surface area contributed by atoms with E-state index in [1.165, 1.54) is 13.8 Å². The molecule has 0 aromatic heterocycles. The van der Waals surface area contributed by atoms with E-state index in [1.807, 2.05) is 0 Å². The van der Waals surface area contributed by atoms with Crippen molar-refractivity contribution in [2.24, 2.45) is 5.11 Å². The SMILES string of the molecule is CC(=O)N[C@H]1C(OC(C)=O)[C@H](OC(C)=O)C(COC(C)=O)O[C@H]1OCC(C)N=[N+]=[N-]. The van der Waals surface area contributed by atoms with E-state index in [-0.39, 0.29) is 13.2 Å². The third kappa shape index (κ3) is 8.23. The molecule has 13 nitrogen and oxygen atoms in total. The highest BCUT2D eigenvalue weighted by Gasteiger charge is 2.51. The second-order valence-electron chi connectivity index (χ2n) is 6.61. The predicted octanol–water partition coefficient (Wildman–Crippen LogP) is 0.358. The maximum atomic E-state index is 11.7. The third-order valence-corrected chi connectivity index (χ3v) is 3.82. The molecule has 0 spiro atoms. The first-order valence-electron chi connectivity index (χ1n) is 9.11. The van der Waals surface area contributed by atoms with Gasteiger partial charge in [-0.2, -0.15) is 0 Å². The Kier molecular flexibility index (Phi) is 10.0. The van der Waals surface area contributed by atoms with Crippen LogP contribution in [0, 0.1) is 0 Å². The fourth-order valence-corrected chi connectivity index (χ4v) is 2.79. The molecule has 0 radical (unpaired) electrons. The Morgan fingerprint density at radius 1 is 1.07 bits per heavy atom. The van der Waals surface area contributed by atoms with Crippen LogP contribution in [0.5, 0.6) is 0 Å². The normalized spacial score (nSPS) is 26.5. The Balaban J connectivity index is 3.26. The Hall–Kier alpha value is -2.89. The Morgan fingerprint density at radius 3 is 2.17 bits per heavy atom. The molecule has 6 atom stereocenters. The zero-order chi connectivity index (χ0) is 22.8. The standard InChI is InChI=1S/C17H26N4O9/c1-8(20-21-18)6-27-17-14(19-9(2)22)16(29-12(5)25)15(28-11(4)24)13(30-17)7-26-10(3)23/h8,13-17H,6-7H2,1-5H3,(H,19,22)/t8?,13?,14-,15+,16?,17+/m0/s1. The lowest BCUT2D eigenvalue weighted by Gasteiger charge is -2.45. The largest absolute Gasteiger partial charge is 0.463 e. The van der Waals surface area contributed by atoms with Crippen molar-refractivity contribution in [2.75, 3.05) is 13.2 Å². The van der Waals surface area contributed by atoms with Crippen molar-refractivity contribution in [2.45, 2.75) is 71.3 Å². The molecule has 0 bridgehead atoms. The van der Waals surface area contributed by atoms with Crippen LogP contribution in [0.15, 0.2) is 5.11 Å². The van der Waals surface area contributed by atoms with Gasteiger partial charge in [0.15, 0.2) is 18.5 Å². The first-order chi connectivity index (χ1) is 14.0. The third-order valence-electron chi connectivity index (χ3n) is 3.82. The van der Waals surface area contributed by atoms with E-state index in [4.69, 9.17) is 29.2 Å². The van der Waals surface area contributed by atoms with Gasteiger partial charge in [-0.3, -0.25) is 19.2 Å². The monoisotopic (exact) mass is 430 g/mol. The summed E-state index contributed by atoms with van der Waals surface area (Å²) in [7, 11) is 0. The van der Waals surface area contributed by atoms with Crippen molar-refractivity contribution < 1.29 is 42.9 Å². The average Bonchev–Trinajstić information content (AvgIpc) is 2.61. The smallest absolute Gasteiger partial charge is 0.303 e. The van der Waals surface area contributed by atoms with E-state index in [1.54, 1.807) is 6.92 Å². The van der Waals surface area contributed by atoms with Gasteiger partial charge in [-0.1, -0.05) is 12.0 Å². The molecule has 13 heteroatoms. The number of carbonyl (C=O) groups is 4. The number of esters is 3. The van der Waals surface area contributed by atoms with E-state index >= 15 is 0 Å². The van der Waals surface area contributed by atoms with Crippen LogP contribution in [0.3, 0.4) is 0 Å². The molecule has 30 heavy (non-hydrogen) atoms. The van der Waals surface area contributed by atoms with Gasteiger partial charge < -0.3 is 29.0 Å². The van der Waals surface area contributed by atoms with Gasteiger partial charge in [0.1, 0.15) is 18.8 Å². The van der Waals surface area contributed by atoms with Crippen LogP contribution < -0.4 is 5.32 Å². The zero-order valence-corrected chi connectivity index (χ0v) is 17.4. The van der Waals surface area contributed by atoms with Crippen LogP contribution in [-0.4, -0.2) is 73.7 Å². The predicted molar refractivity (Wildman–Crippen MR) is 98.6 cm³/mol. The minimum atomic E-state index is -1.20. The van der Waals surface area contributed by atoms with Gasteiger partial charge in [0, 0.05) is 32.6 Å². The van der Waals surface area contributed by atoms with Gasteiger partial charge >= 0.3 is 17.9 Å². The molecule has 0 aliphatic carbocycles. The second-order valence-corrected chi connectivity index (χ2v) is 6.61. The molecule has 168 valence electrons. The molecule has 1 fully saturated rings. The van der Waals surface area contributed by atoms with Gasteiger partial charge in [0.2, 0.25) is 5.91 Å². The van der Waals surface area contributed by atoms with Crippen LogP contribution >= 0.6 is 0 Å². The molecule has 0 aromatic rings. The number of ether oxygens (including phenoxy) is 5. The minimum absolute atomic E-state index is 0.0872. The van der Waals surface area contributed by atoms with Crippen molar-refractivity contribution in [3.63, 3.8) is 0 Å². The van der Waals surface area contributed by atoms with Gasteiger partial charge in [-0.25, -0.2) is 0 Å². The van der Waals surface area contributed by atoms with Gasteiger partial charge in [0.25, 0.3) is 0 Å². The quantitative estimate of drug-likeness (QED) is 0.178. The Bertz CT molecular complexity index is 695. The molecule has 1 aliphatic rings. The van der Waals surface area contributed by atoms with E-state index in [0.717, 1.165) is 13.8 Å². The Morgan fingerprint density at radius 2 is 1.67 bits per heavy atom. The minimum Gasteiger partial charge on any atom is -0.463 e. The lowest BCUT2D eigenvalue weighted by molar-refractivity contribution is -0.278. The van der Waals surface area contributed by atoms with Crippen LogP contribution in [0.25, 0.3) is 10.4 Å². The first kappa shape index (κ1) is 25.1. The van der Waals surface area contributed by atoms with Crippen molar-refractivity contribution in [3.8, 4) is 0 Å². The topological polar surface area (TPSA) is 175 Å². The summed E-state index contributed by atoms with van der Waals surface area (Å²) in [5.41, 5.74) is 8.53. The van der Waals surface area contributed by atoms with Gasteiger partial charge in [-0.05, 0) is 5.53 Å². The number of carbonyl (C=O) groups excluding carboxylic acids is 4. The maximum Gasteiger partial charge on any atom is 0.303 e. The van der Waals surface area contributed by atoms with Crippen LogP contribution in [0.2, 0.25) is 0 Å². The molecular formula is C17H26N4O9. The molecule has 0 saturated carbocycles. The summed E-state index contributed by atoms with van der Waals surface area (Å²) in [5, 5.41) is 6.05. The number of nitrogens with zero attached hydrogens (tertiary/aromatic N) is 3. The molecule has 1 heterocycles. The number of nitrogens with one attached hydrogen (secondary N) is 1. The number of hydrogen-bond donors (Lipinski definition) is 1. The maximum absolute atomic E-state index is 11.7. The van der Waals surface area contributed by atoms with E-state index in [9.17, 15) is 19.2 Å². The number of rotatable bonds is 9. The molecule has 1 rings (SSSR count). The summed E-state index contributed by atoms with van der Waals surface area (Å²) in [6.45, 7) is 5.88. The number of hydrogen-bond acceptors (Lipinski definition) is 10. The molecule has 3 unspecified atom stereocenters. The van der Waals surface area contributed by atoms with E-state index in [0.29, 0.717) is 0 Å². The molecule has 1 amide bonds. The lowest BCUT2D eigenvalue weighted by Crippen LogP contribution is -2.66. The number of amides is 1. The highest BCUT2D eigenvalue weighted by atomic mass is 16.7. The molecule has 1 aliphatic heterocycles. The Labute approximate surface area is 172 Å². The van der Waals surface area contributed by atoms with Crippen molar-refractivity contribution in [1.82, 2.24) is 5.32 Å².